The maximum atomic E-state index is 12.9. The molecule has 1 unspecified atom stereocenters. The van der Waals surface area contributed by atoms with E-state index in [0.717, 1.165) is 36.1 Å². The minimum Gasteiger partial charge on any atom is -0.495 e. The van der Waals surface area contributed by atoms with E-state index in [9.17, 15) is 14.4 Å². The average molecular weight is 413 g/mol. The molecule has 0 spiro atoms. The van der Waals surface area contributed by atoms with Crippen molar-refractivity contribution in [2.24, 2.45) is 11.7 Å². The van der Waals surface area contributed by atoms with Crippen molar-refractivity contribution in [1.82, 2.24) is 0 Å². The van der Waals surface area contributed by atoms with Gasteiger partial charge in [0.1, 0.15) is 10.8 Å². The van der Waals surface area contributed by atoms with Gasteiger partial charge in [0.05, 0.1) is 24.3 Å². The molecule has 0 radical (unpaired) electrons. The minimum atomic E-state index is -0.516. The molecule has 152 valence electrons. The van der Waals surface area contributed by atoms with Crippen molar-refractivity contribution >= 4 is 39.7 Å². The fourth-order valence-electron chi connectivity index (χ4n) is 4.10. The highest BCUT2D eigenvalue weighted by Crippen LogP contribution is 2.39. The molecule has 2 heterocycles. The number of ether oxygens (including phenoxy) is 1. The Kier molecular flexibility index (Phi) is 5.27. The van der Waals surface area contributed by atoms with Crippen LogP contribution in [0, 0.1) is 5.92 Å². The molecule has 1 aromatic heterocycles. The SMILES string of the molecule is COc1ccccc1N1CC(C(=O)Nc2sc3c(c2C(N)=O)CCCC3)CC1=O. The van der Waals surface area contributed by atoms with Gasteiger partial charge < -0.3 is 20.7 Å². The summed E-state index contributed by atoms with van der Waals surface area (Å²) < 4.78 is 5.34. The first-order valence-electron chi connectivity index (χ1n) is 9.68. The van der Waals surface area contributed by atoms with Crippen molar-refractivity contribution in [3.63, 3.8) is 0 Å². The number of primary amides is 1. The van der Waals surface area contributed by atoms with Crippen LogP contribution in [-0.2, 0) is 22.4 Å². The van der Waals surface area contributed by atoms with Gasteiger partial charge >= 0.3 is 0 Å². The second-order valence-electron chi connectivity index (χ2n) is 7.35. The molecule has 29 heavy (non-hydrogen) atoms. The van der Waals surface area contributed by atoms with Crippen molar-refractivity contribution in [3.05, 3.63) is 40.3 Å². The molecule has 0 saturated carbocycles. The summed E-state index contributed by atoms with van der Waals surface area (Å²) in [5.41, 5.74) is 7.67. The monoisotopic (exact) mass is 413 g/mol. The van der Waals surface area contributed by atoms with Gasteiger partial charge in [-0.3, -0.25) is 14.4 Å². The third-order valence-corrected chi connectivity index (χ3v) is 6.73. The number of aryl methyl sites for hydroxylation is 1. The highest BCUT2D eigenvalue weighted by atomic mass is 32.1. The van der Waals surface area contributed by atoms with E-state index in [4.69, 9.17) is 10.5 Å². The Morgan fingerprint density at radius 1 is 1.24 bits per heavy atom. The lowest BCUT2D eigenvalue weighted by Crippen LogP contribution is -2.28. The third kappa shape index (κ3) is 3.60. The summed E-state index contributed by atoms with van der Waals surface area (Å²) in [6.07, 6.45) is 3.91. The van der Waals surface area contributed by atoms with Gasteiger partial charge in [0.15, 0.2) is 0 Å². The van der Waals surface area contributed by atoms with Crippen LogP contribution in [0.3, 0.4) is 0 Å². The molecule has 7 nitrogen and oxygen atoms in total. The van der Waals surface area contributed by atoms with Gasteiger partial charge in [0, 0.05) is 17.8 Å². The standard InChI is InChI=1S/C21H23N3O4S/c1-28-15-8-4-3-7-14(15)24-11-12(10-17(24)25)20(27)23-21-18(19(22)26)13-6-2-5-9-16(13)29-21/h3-4,7-8,12H,2,5-6,9-11H2,1H3,(H2,22,26)(H,23,27). The topological polar surface area (TPSA) is 102 Å². The number of benzene rings is 1. The van der Waals surface area contributed by atoms with Crippen molar-refractivity contribution in [3.8, 4) is 5.75 Å². The molecule has 1 aliphatic carbocycles. The Labute approximate surface area is 172 Å². The fraction of sp³-hybridized carbons (Fsp3) is 0.381. The number of thiophene rings is 1. The number of nitrogens with zero attached hydrogens (tertiary/aromatic N) is 1. The predicted molar refractivity (Wildman–Crippen MR) is 112 cm³/mol. The van der Waals surface area contributed by atoms with E-state index in [2.05, 4.69) is 5.32 Å². The number of fused-ring (bicyclic) bond motifs is 1. The van der Waals surface area contributed by atoms with E-state index >= 15 is 0 Å². The average Bonchev–Trinajstić information content (AvgIpc) is 3.28. The van der Waals surface area contributed by atoms with Crippen LogP contribution in [0.15, 0.2) is 24.3 Å². The van der Waals surface area contributed by atoms with E-state index in [1.54, 1.807) is 24.1 Å². The quantitative estimate of drug-likeness (QED) is 0.787. The number of rotatable bonds is 5. The van der Waals surface area contributed by atoms with Gasteiger partial charge in [0.25, 0.3) is 5.91 Å². The summed E-state index contributed by atoms with van der Waals surface area (Å²) in [6.45, 7) is 0.266. The summed E-state index contributed by atoms with van der Waals surface area (Å²) in [6, 6.07) is 7.24. The maximum Gasteiger partial charge on any atom is 0.251 e. The zero-order valence-corrected chi connectivity index (χ0v) is 17.0. The molecule has 0 bridgehead atoms. The summed E-state index contributed by atoms with van der Waals surface area (Å²) in [5, 5.41) is 3.39. The molecule has 2 aliphatic rings. The number of hydrogen-bond donors (Lipinski definition) is 2. The zero-order valence-electron chi connectivity index (χ0n) is 16.2. The Morgan fingerprint density at radius 3 is 2.76 bits per heavy atom. The first-order valence-corrected chi connectivity index (χ1v) is 10.5. The number of anilines is 2. The number of para-hydroxylation sites is 2. The molecule has 1 atom stereocenters. The molecule has 3 N–H and O–H groups in total. The minimum absolute atomic E-state index is 0.112. The smallest absolute Gasteiger partial charge is 0.251 e. The Bertz CT molecular complexity index is 984. The Hall–Kier alpha value is -2.87. The highest BCUT2D eigenvalue weighted by molar-refractivity contribution is 7.17. The third-order valence-electron chi connectivity index (χ3n) is 5.53. The summed E-state index contributed by atoms with van der Waals surface area (Å²) in [7, 11) is 1.55. The number of hydrogen-bond acceptors (Lipinski definition) is 5. The maximum absolute atomic E-state index is 12.9. The van der Waals surface area contributed by atoms with E-state index < -0.39 is 11.8 Å². The van der Waals surface area contributed by atoms with Gasteiger partial charge in [-0.2, -0.15) is 0 Å². The molecule has 1 fully saturated rings. The number of amides is 3. The summed E-state index contributed by atoms with van der Waals surface area (Å²) >= 11 is 1.43. The number of methoxy groups -OCH3 is 1. The Morgan fingerprint density at radius 2 is 2.00 bits per heavy atom. The van der Waals surface area contributed by atoms with E-state index in [-0.39, 0.29) is 24.8 Å². The lowest BCUT2D eigenvalue weighted by Gasteiger charge is -2.19. The number of carbonyl (C=O) groups excluding carboxylic acids is 3. The molecule has 4 rings (SSSR count). The van der Waals surface area contributed by atoms with Crippen molar-refractivity contribution in [2.75, 3.05) is 23.9 Å². The molecular weight excluding hydrogens is 390 g/mol. The Balaban J connectivity index is 1.54. The molecule has 1 aliphatic heterocycles. The van der Waals surface area contributed by atoms with Crippen LogP contribution in [0.5, 0.6) is 5.75 Å². The summed E-state index contributed by atoms with van der Waals surface area (Å²) in [5.74, 6) is -0.832. The van der Waals surface area contributed by atoms with Gasteiger partial charge in [-0.25, -0.2) is 0 Å². The van der Waals surface area contributed by atoms with Crippen molar-refractivity contribution in [1.29, 1.82) is 0 Å². The van der Waals surface area contributed by atoms with Crippen LogP contribution >= 0.6 is 11.3 Å². The van der Waals surface area contributed by atoms with Crippen LogP contribution in [0.4, 0.5) is 10.7 Å². The second-order valence-corrected chi connectivity index (χ2v) is 8.45. The van der Waals surface area contributed by atoms with Crippen LogP contribution in [0.25, 0.3) is 0 Å². The van der Waals surface area contributed by atoms with Crippen molar-refractivity contribution < 1.29 is 19.1 Å². The van der Waals surface area contributed by atoms with Gasteiger partial charge in [-0.15, -0.1) is 11.3 Å². The lowest BCUT2D eigenvalue weighted by atomic mass is 9.95. The predicted octanol–water partition coefficient (Wildman–Crippen LogP) is 2.73. The number of nitrogens with one attached hydrogen (secondary N) is 1. The lowest BCUT2D eigenvalue weighted by molar-refractivity contribution is -0.122. The molecule has 3 amide bonds. The number of nitrogens with two attached hydrogens (primary N) is 1. The van der Waals surface area contributed by atoms with Crippen LogP contribution < -0.4 is 20.7 Å². The second kappa shape index (κ2) is 7.87. The number of carbonyl (C=O) groups is 3. The van der Waals surface area contributed by atoms with Crippen LogP contribution in [0.2, 0.25) is 0 Å². The van der Waals surface area contributed by atoms with Gasteiger partial charge in [-0.1, -0.05) is 12.1 Å². The van der Waals surface area contributed by atoms with E-state index in [0.29, 0.717) is 22.0 Å². The summed E-state index contributed by atoms with van der Waals surface area (Å²) in [4.78, 5) is 40.2. The fourth-order valence-corrected chi connectivity index (χ4v) is 5.39. The van der Waals surface area contributed by atoms with Crippen LogP contribution in [-0.4, -0.2) is 31.4 Å². The van der Waals surface area contributed by atoms with Gasteiger partial charge in [0.2, 0.25) is 11.8 Å². The molecule has 1 aromatic carbocycles. The normalized spacial score (nSPS) is 18.4. The highest BCUT2D eigenvalue weighted by Gasteiger charge is 2.37. The van der Waals surface area contributed by atoms with E-state index in [1.807, 2.05) is 12.1 Å². The molecular formula is C21H23N3O4S. The van der Waals surface area contributed by atoms with E-state index in [1.165, 1.54) is 11.3 Å². The molecule has 2 aromatic rings. The van der Waals surface area contributed by atoms with Crippen LogP contribution in [0.1, 0.15) is 40.1 Å². The first kappa shape index (κ1) is 19.4. The molecule has 8 heteroatoms. The largest absolute Gasteiger partial charge is 0.495 e. The van der Waals surface area contributed by atoms with Gasteiger partial charge in [-0.05, 0) is 43.4 Å². The zero-order chi connectivity index (χ0) is 20.5. The van der Waals surface area contributed by atoms with Crippen molar-refractivity contribution in [2.45, 2.75) is 32.1 Å². The molecule has 1 saturated heterocycles. The first-order chi connectivity index (χ1) is 14.0.